The van der Waals surface area contributed by atoms with Crippen molar-refractivity contribution in [3.8, 4) is 49.0 Å². The summed E-state index contributed by atoms with van der Waals surface area (Å²) in [6.07, 6.45) is 25.1. The predicted molar refractivity (Wildman–Crippen MR) is 306 cm³/mol. The largest absolute Gasteiger partial charge is 0.238 e. The maximum absolute atomic E-state index is 5.54. The summed E-state index contributed by atoms with van der Waals surface area (Å²) < 4.78 is 0. The van der Waals surface area contributed by atoms with Crippen LogP contribution in [0.15, 0.2) is 36.4 Å². The van der Waals surface area contributed by atoms with Gasteiger partial charge in [-0.05, 0) is 109 Å². The summed E-state index contributed by atoms with van der Waals surface area (Å²) in [6, 6.07) is 15.0. The maximum Gasteiger partial charge on any atom is 0.153 e. The molecule has 366 valence electrons. The average Bonchev–Trinajstić information content (AvgIpc) is 4.16. The number of aryl methyl sites for hydroxylation is 2. The minimum atomic E-state index is 0.0828. The molecule has 0 saturated heterocycles. The molecule has 2 atom stereocenters. The van der Waals surface area contributed by atoms with E-state index in [0.717, 1.165) is 34.7 Å². The first-order valence-corrected chi connectivity index (χ1v) is 31.6. The molecule has 7 rings (SSSR count). The Bertz CT molecular complexity index is 2440. The lowest BCUT2D eigenvalue weighted by Gasteiger charge is -2.38. The van der Waals surface area contributed by atoms with Gasteiger partial charge in [0.1, 0.15) is 0 Å². The molecule has 1 aliphatic carbocycles. The van der Waals surface area contributed by atoms with Crippen molar-refractivity contribution < 1.29 is 0 Å². The van der Waals surface area contributed by atoms with E-state index in [2.05, 4.69) is 142 Å². The smallest absolute Gasteiger partial charge is 0.153 e. The number of rotatable bonds is 26. The van der Waals surface area contributed by atoms with Gasteiger partial charge in [-0.1, -0.05) is 173 Å². The van der Waals surface area contributed by atoms with Crippen molar-refractivity contribution in [1.29, 1.82) is 0 Å². The number of hydrogen-bond donors (Lipinski definition) is 0. The summed E-state index contributed by atoms with van der Waals surface area (Å²) in [4.78, 5) is 25.5. The SMILES string of the molecule is CCCCCCc1nc(-c2nc(CCCCCC)c(-c3ccc(C(C)(C)C)s3)s2)sc1-c1ccc(-c2cc3c(s2)-c2sc(C(C)(C)C)cc2C3(CC(CC)CCCC)CC(CC)CCCC)s1. The van der Waals surface area contributed by atoms with Gasteiger partial charge in [0.25, 0.3) is 0 Å². The Labute approximate surface area is 431 Å². The monoisotopic (exact) mass is 1010 g/mol. The van der Waals surface area contributed by atoms with Crippen LogP contribution < -0.4 is 0 Å². The second-order valence-corrected chi connectivity index (χ2v) is 28.3. The maximum atomic E-state index is 5.54. The number of aromatic nitrogens is 2. The minimum absolute atomic E-state index is 0.0828. The highest BCUT2D eigenvalue weighted by Crippen LogP contribution is 2.63. The van der Waals surface area contributed by atoms with Crippen molar-refractivity contribution >= 4 is 68.0 Å². The number of hydrogen-bond acceptors (Lipinski definition) is 8. The molecule has 6 aromatic heterocycles. The number of thiophene rings is 4. The van der Waals surface area contributed by atoms with Crippen LogP contribution in [-0.2, 0) is 29.1 Å². The number of fused-ring (bicyclic) bond motifs is 3. The van der Waals surface area contributed by atoms with Crippen molar-refractivity contribution in [2.75, 3.05) is 0 Å². The number of unbranched alkanes of at least 4 members (excludes halogenated alkanes) is 8. The molecule has 0 aromatic carbocycles. The topological polar surface area (TPSA) is 25.8 Å². The minimum Gasteiger partial charge on any atom is -0.238 e. The van der Waals surface area contributed by atoms with E-state index in [0.29, 0.717) is 0 Å². The van der Waals surface area contributed by atoms with Gasteiger partial charge in [0.2, 0.25) is 0 Å². The third kappa shape index (κ3) is 12.2. The summed E-state index contributed by atoms with van der Waals surface area (Å²) in [6.45, 7) is 28.6. The number of nitrogens with zero attached hydrogens (tertiary/aromatic N) is 2. The van der Waals surface area contributed by atoms with E-state index in [1.54, 1.807) is 25.8 Å². The Morgan fingerprint density at radius 1 is 0.448 bits per heavy atom. The fourth-order valence-corrected chi connectivity index (χ4v) is 17.8. The van der Waals surface area contributed by atoms with E-state index in [1.807, 2.05) is 45.3 Å². The first-order valence-electron chi connectivity index (χ1n) is 26.7. The van der Waals surface area contributed by atoms with Crippen LogP contribution in [0.1, 0.15) is 231 Å². The molecule has 0 saturated carbocycles. The van der Waals surface area contributed by atoms with E-state index in [1.165, 1.54) is 161 Å². The summed E-state index contributed by atoms with van der Waals surface area (Å²) >= 11 is 12.0. The van der Waals surface area contributed by atoms with Crippen LogP contribution >= 0.6 is 68.0 Å². The van der Waals surface area contributed by atoms with Crippen molar-refractivity contribution in [3.05, 3.63) is 68.7 Å². The molecule has 0 spiro atoms. The van der Waals surface area contributed by atoms with Gasteiger partial charge in [0.15, 0.2) is 10.0 Å². The van der Waals surface area contributed by atoms with Gasteiger partial charge in [-0.3, -0.25) is 0 Å². The van der Waals surface area contributed by atoms with Gasteiger partial charge in [0.05, 0.1) is 21.1 Å². The standard InChI is InChI=1S/C59H84N2S6/c1-13-19-23-25-29-43-53(66-55(60-43)56-61-44(30-26-24-20-14-2)54(67-56)47-33-34-49(63-47)57(7,8)9)46-32-31-45(62-46)48-35-41-51(64-48)52-42(36-50(65-52)58(10,11)12)59(41,37-39(17-5)27-21-15-3)38-40(18-6)28-22-16-4/h31-36,39-40H,13-30,37-38H2,1-12H3. The predicted octanol–water partition coefficient (Wildman–Crippen LogP) is 21.8. The summed E-state index contributed by atoms with van der Waals surface area (Å²) in [5, 5.41) is 2.21. The van der Waals surface area contributed by atoms with Crippen LogP contribution in [0.25, 0.3) is 49.0 Å². The Kier molecular flexibility index (Phi) is 18.6. The fraction of sp³-hybridized carbons (Fsp3) is 0.627. The van der Waals surface area contributed by atoms with E-state index in [9.17, 15) is 0 Å². The molecule has 0 amide bonds. The Morgan fingerprint density at radius 3 is 1.42 bits per heavy atom. The quantitative estimate of drug-likeness (QED) is 0.0506. The zero-order valence-corrected chi connectivity index (χ0v) is 48.5. The summed E-state index contributed by atoms with van der Waals surface area (Å²) in [7, 11) is 0. The van der Waals surface area contributed by atoms with Crippen molar-refractivity contribution in [1.82, 2.24) is 9.97 Å². The molecular weight excluding hydrogens is 929 g/mol. The lowest BCUT2D eigenvalue weighted by atomic mass is 9.65. The van der Waals surface area contributed by atoms with Gasteiger partial charge in [-0.15, -0.1) is 68.0 Å². The zero-order chi connectivity index (χ0) is 47.9. The lowest BCUT2D eigenvalue weighted by molar-refractivity contribution is 0.266. The van der Waals surface area contributed by atoms with Crippen molar-refractivity contribution in [3.63, 3.8) is 0 Å². The van der Waals surface area contributed by atoms with Crippen LogP contribution in [0.5, 0.6) is 0 Å². The Morgan fingerprint density at radius 2 is 0.925 bits per heavy atom. The molecule has 2 unspecified atom stereocenters. The highest BCUT2D eigenvalue weighted by atomic mass is 32.1. The van der Waals surface area contributed by atoms with E-state index in [4.69, 9.17) is 9.97 Å². The molecule has 67 heavy (non-hydrogen) atoms. The highest BCUT2D eigenvalue weighted by molar-refractivity contribution is 7.30. The molecule has 2 nitrogen and oxygen atoms in total. The van der Waals surface area contributed by atoms with E-state index in [-0.39, 0.29) is 16.2 Å². The summed E-state index contributed by atoms with van der Waals surface area (Å²) in [5.41, 5.74) is 6.26. The van der Waals surface area contributed by atoms with Gasteiger partial charge < -0.3 is 0 Å². The van der Waals surface area contributed by atoms with Gasteiger partial charge >= 0.3 is 0 Å². The van der Waals surface area contributed by atoms with Crippen molar-refractivity contribution in [2.24, 2.45) is 11.8 Å². The van der Waals surface area contributed by atoms with Crippen molar-refractivity contribution in [2.45, 2.75) is 228 Å². The first-order chi connectivity index (χ1) is 32.2. The fourth-order valence-electron chi connectivity index (χ4n) is 10.4. The Hall–Kier alpha value is -1.94. The zero-order valence-electron chi connectivity index (χ0n) is 43.6. The van der Waals surface area contributed by atoms with Crippen LogP contribution in [0, 0.1) is 11.8 Å². The third-order valence-electron chi connectivity index (χ3n) is 14.6. The van der Waals surface area contributed by atoms with Gasteiger partial charge in [0, 0.05) is 44.4 Å². The highest BCUT2D eigenvalue weighted by Gasteiger charge is 2.48. The van der Waals surface area contributed by atoms with Crippen LogP contribution in [0.2, 0.25) is 0 Å². The second kappa shape index (κ2) is 23.5. The Balaban J connectivity index is 1.30. The third-order valence-corrected chi connectivity index (χ3v) is 22.9. The molecule has 8 heteroatoms. The van der Waals surface area contributed by atoms with Crippen LogP contribution in [0.4, 0.5) is 0 Å². The molecule has 0 aliphatic heterocycles. The molecule has 1 aliphatic rings. The molecule has 0 radical (unpaired) electrons. The molecule has 0 bridgehead atoms. The van der Waals surface area contributed by atoms with Crippen LogP contribution in [0.3, 0.4) is 0 Å². The van der Waals surface area contributed by atoms with Gasteiger partial charge in [-0.2, -0.15) is 0 Å². The first kappa shape index (κ1) is 52.9. The summed E-state index contributed by atoms with van der Waals surface area (Å²) in [5.74, 6) is 1.48. The molecule has 0 fully saturated rings. The average molecular weight is 1010 g/mol. The van der Waals surface area contributed by atoms with Crippen LogP contribution in [-0.4, -0.2) is 9.97 Å². The molecule has 6 aromatic rings. The van der Waals surface area contributed by atoms with Gasteiger partial charge in [-0.25, -0.2) is 9.97 Å². The molecular formula is C59H84N2S6. The lowest BCUT2D eigenvalue weighted by Crippen LogP contribution is -2.31. The van der Waals surface area contributed by atoms with E-state index >= 15 is 0 Å². The number of thiazole rings is 2. The second-order valence-electron chi connectivity index (χ2n) is 22.1. The van der Waals surface area contributed by atoms with E-state index < -0.39 is 0 Å². The molecule has 0 N–H and O–H groups in total. The molecule has 6 heterocycles. The normalized spacial score (nSPS) is 16.0.